The van der Waals surface area contributed by atoms with Crippen LogP contribution in [0.3, 0.4) is 0 Å². The van der Waals surface area contributed by atoms with Crippen LogP contribution in [0.4, 0.5) is 0 Å². The Kier molecular flexibility index (Phi) is 5.17. The molecule has 1 aliphatic rings. The van der Waals surface area contributed by atoms with E-state index in [1.807, 2.05) is 34.9 Å². The third-order valence-corrected chi connectivity index (χ3v) is 5.92. The van der Waals surface area contributed by atoms with E-state index in [9.17, 15) is 9.59 Å². The molecule has 154 valence electrons. The van der Waals surface area contributed by atoms with Crippen LogP contribution < -0.4 is 11.2 Å². The summed E-state index contributed by atoms with van der Waals surface area (Å²) in [4.78, 5) is 32.6. The first-order chi connectivity index (χ1) is 13.8. The van der Waals surface area contributed by atoms with E-state index in [-0.39, 0.29) is 11.2 Å². The highest BCUT2D eigenvalue weighted by Crippen LogP contribution is 2.23. The van der Waals surface area contributed by atoms with Crippen molar-refractivity contribution >= 4 is 11.2 Å². The summed E-state index contributed by atoms with van der Waals surface area (Å²) in [6.45, 7) is 7.85. The molecule has 0 aliphatic carbocycles. The van der Waals surface area contributed by atoms with Gasteiger partial charge in [0.15, 0.2) is 11.2 Å². The number of imidazole rings is 1. The largest absolute Gasteiger partial charge is 0.332 e. The Bertz CT molecular complexity index is 1130. The van der Waals surface area contributed by atoms with Gasteiger partial charge in [-0.2, -0.15) is 0 Å². The van der Waals surface area contributed by atoms with E-state index in [0.717, 1.165) is 24.5 Å². The summed E-state index contributed by atoms with van der Waals surface area (Å²) in [5.74, 6) is 2.12. The number of hydrogen-bond acceptors (Lipinski definition) is 4. The number of fused-ring (bicyclic) bond motifs is 1. The van der Waals surface area contributed by atoms with Gasteiger partial charge in [0.25, 0.3) is 5.56 Å². The summed E-state index contributed by atoms with van der Waals surface area (Å²) < 4.78 is 4.64. The minimum absolute atomic E-state index is 0.293. The molecule has 7 heteroatoms. The summed E-state index contributed by atoms with van der Waals surface area (Å²) in [5.41, 5.74) is 1.41. The van der Waals surface area contributed by atoms with Crippen LogP contribution in [0.5, 0.6) is 0 Å². The number of hydrogen-bond donors (Lipinski definition) is 0. The molecule has 3 aromatic rings. The van der Waals surface area contributed by atoms with Gasteiger partial charge >= 0.3 is 5.69 Å². The third kappa shape index (κ3) is 3.67. The zero-order chi connectivity index (χ0) is 20.7. The Morgan fingerprint density at radius 3 is 2.28 bits per heavy atom. The van der Waals surface area contributed by atoms with Gasteiger partial charge in [0.2, 0.25) is 0 Å². The van der Waals surface area contributed by atoms with Gasteiger partial charge in [0, 0.05) is 33.7 Å². The minimum atomic E-state index is -0.348. The van der Waals surface area contributed by atoms with Crippen molar-refractivity contribution < 1.29 is 0 Å². The zero-order valence-corrected chi connectivity index (χ0v) is 17.6. The molecule has 7 nitrogen and oxygen atoms in total. The first-order valence-electron chi connectivity index (χ1n) is 10.3. The molecule has 0 N–H and O–H groups in total. The van der Waals surface area contributed by atoms with Gasteiger partial charge in [-0.1, -0.05) is 44.2 Å². The molecule has 1 saturated heterocycles. The number of aryl methyl sites for hydroxylation is 1. The molecule has 0 spiro atoms. The molecule has 1 aromatic carbocycles. The fourth-order valence-electron chi connectivity index (χ4n) is 4.67. The summed E-state index contributed by atoms with van der Waals surface area (Å²) in [6.07, 6.45) is 1.24. The summed E-state index contributed by atoms with van der Waals surface area (Å²) >= 11 is 0. The van der Waals surface area contributed by atoms with Crippen molar-refractivity contribution in [2.45, 2.75) is 33.4 Å². The highest BCUT2D eigenvalue weighted by atomic mass is 16.2. The predicted molar refractivity (Wildman–Crippen MR) is 114 cm³/mol. The second-order valence-electron chi connectivity index (χ2n) is 8.62. The summed E-state index contributed by atoms with van der Waals surface area (Å²) in [5, 5.41) is 0. The lowest BCUT2D eigenvalue weighted by Crippen LogP contribution is -2.39. The Balaban J connectivity index is 1.85. The Labute approximate surface area is 170 Å². The number of nitrogens with zero attached hydrogens (tertiary/aromatic N) is 5. The van der Waals surface area contributed by atoms with Crippen molar-refractivity contribution in [1.82, 2.24) is 23.6 Å². The Morgan fingerprint density at radius 1 is 0.966 bits per heavy atom. The van der Waals surface area contributed by atoms with E-state index in [4.69, 9.17) is 4.98 Å². The first kappa shape index (κ1) is 19.6. The van der Waals surface area contributed by atoms with Crippen LogP contribution >= 0.6 is 0 Å². The number of piperidine rings is 1. The Hall–Kier alpha value is -2.67. The monoisotopic (exact) mass is 395 g/mol. The molecule has 0 amide bonds. The topological polar surface area (TPSA) is 65.1 Å². The fourth-order valence-corrected chi connectivity index (χ4v) is 4.67. The van der Waals surface area contributed by atoms with Gasteiger partial charge in [-0.3, -0.25) is 18.8 Å². The van der Waals surface area contributed by atoms with Gasteiger partial charge in [-0.15, -0.1) is 0 Å². The molecule has 29 heavy (non-hydrogen) atoms. The van der Waals surface area contributed by atoms with E-state index in [2.05, 4.69) is 18.7 Å². The average Bonchev–Trinajstić information content (AvgIpc) is 3.03. The van der Waals surface area contributed by atoms with Gasteiger partial charge in [0.1, 0.15) is 5.82 Å². The van der Waals surface area contributed by atoms with E-state index < -0.39 is 0 Å². The highest BCUT2D eigenvalue weighted by molar-refractivity contribution is 5.71. The molecule has 0 bridgehead atoms. The number of benzene rings is 1. The Morgan fingerprint density at radius 2 is 1.62 bits per heavy atom. The maximum absolute atomic E-state index is 13.0. The average molecular weight is 396 g/mol. The molecule has 1 aliphatic heterocycles. The van der Waals surface area contributed by atoms with Crippen LogP contribution in [0.1, 0.15) is 31.7 Å². The van der Waals surface area contributed by atoms with Crippen LogP contribution in [0.2, 0.25) is 0 Å². The molecular formula is C22H29N5O2. The normalized spacial score (nSPS) is 20.4. The summed E-state index contributed by atoms with van der Waals surface area (Å²) in [6, 6.07) is 10.1. The van der Waals surface area contributed by atoms with Crippen molar-refractivity contribution in [3.8, 4) is 0 Å². The summed E-state index contributed by atoms with van der Waals surface area (Å²) in [7, 11) is 3.20. The van der Waals surface area contributed by atoms with Gasteiger partial charge in [-0.25, -0.2) is 9.78 Å². The minimum Gasteiger partial charge on any atom is -0.317 e. The highest BCUT2D eigenvalue weighted by Gasteiger charge is 2.25. The van der Waals surface area contributed by atoms with Crippen molar-refractivity contribution in [1.29, 1.82) is 0 Å². The number of likely N-dealkylation sites (tertiary alicyclic amines) is 1. The molecule has 0 unspecified atom stereocenters. The van der Waals surface area contributed by atoms with E-state index >= 15 is 0 Å². The molecule has 2 aromatic heterocycles. The number of rotatable bonds is 4. The fraction of sp³-hybridized carbons (Fsp3) is 0.500. The lowest BCUT2D eigenvalue weighted by atomic mass is 9.92. The standard InChI is InChI=1S/C22H29N5O2/c1-15-10-16(2)12-26(11-15)14-18-23-20-19(21(28)25(4)22(29)24(20)3)27(18)13-17-8-6-5-7-9-17/h5-9,15-16H,10-14H2,1-4H3/t15-,16-/m1/s1. The lowest BCUT2D eigenvalue weighted by molar-refractivity contribution is 0.130. The molecule has 0 saturated carbocycles. The number of aromatic nitrogens is 4. The third-order valence-electron chi connectivity index (χ3n) is 5.92. The maximum atomic E-state index is 13.0. The van der Waals surface area contributed by atoms with E-state index in [1.54, 1.807) is 7.05 Å². The van der Waals surface area contributed by atoms with Gasteiger partial charge in [0.05, 0.1) is 6.54 Å². The molecule has 3 heterocycles. The van der Waals surface area contributed by atoms with E-state index in [1.165, 1.54) is 22.6 Å². The quantitative estimate of drug-likeness (QED) is 0.677. The zero-order valence-electron chi connectivity index (χ0n) is 17.6. The van der Waals surface area contributed by atoms with Crippen LogP contribution in [0.25, 0.3) is 11.2 Å². The van der Waals surface area contributed by atoms with Crippen LogP contribution in [-0.2, 0) is 27.2 Å². The van der Waals surface area contributed by atoms with Gasteiger partial charge < -0.3 is 4.57 Å². The molecule has 2 atom stereocenters. The second-order valence-corrected chi connectivity index (χ2v) is 8.62. The van der Waals surface area contributed by atoms with Crippen molar-refractivity contribution in [2.24, 2.45) is 25.9 Å². The second kappa shape index (κ2) is 7.63. The smallest absolute Gasteiger partial charge is 0.317 e. The van der Waals surface area contributed by atoms with Crippen molar-refractivity contribution in [3.63, 3.8) is 0 Å². The van der Waals surface area contributed by atoms with Crippen molar-refractivity contribution in [2.75, 3.05) is 13.1 Å². The SMILES string of the molecule is C[C@@H]1C[C@@H](C)CN(Cc2nc3c(c(=O)n(C)c(=O)n3C)n2Cc2ccccc2)C1. The van der Waals surface area contributed by atoms with Crippen LogP contribution in [0, 0.1) is 11.8 Å². The molecule has 1 fully saturated rings. The van der Waals surface area contributed by atoms with Crippen LogP contribution in [-0.4, -0.2) is 36.7 Å². The van der Waals surface area contributed by atoms with Crippen molar-refractivity contribution in [3.05, 3.63) is 62.6 Å². The maximum Gasteiger partial charge on any atom is 0.332 e. The van der Waals surface area contributed by atoms with Gasteiger partial charge in [-0.05, 0) is 23.8 Å². The van der Waals surface area contributed by atoms with E-state index in [0.29, 0.717) is 36.1 Å². The molecule has 0 radical (unpaired) electrons. The molecule has 4 rings (SSSR count). The van der Waals surface area contributed by atoms with Crippen LogP contribution in [0.15, 0.2) is 39.9 Å². The lowest BCUT2D eigenvalue weighted by Gasteiger charge is -2.34. The first-order valence-corrected chi connectivity index (χ1v) is 10.3. The predicted octanol–water partition coefficient (Wildman–Crippen LogP) is 1.96. The molecular weight excluding hydrogens is 366 g/mol.